The molecule has 122 valence electrons. The molecule has 22 heavy (non-hydrogen) atoms. The Morgan fingerprint density at radius 2 is 1.55 bits per heavy atom. The minimum absolute atomic E-state index is 0.111. The number of benzene rings is 1. The van der Waals surface area contributed by atoms with E-state index in [1.165, 1.54) is 5.56 Å². The van der Waals surface area contributed by atoms with Gasteiger partial charge in [0, 0.05) is 43.9 Å². The van der Waals surface area contributed by atoms with Gasteiger partial charge in [-0.25, -0.2) is 0 Å². The maximum Gasteiger partial charge on any atom is 0.167 e. The van der Waals surface area contributed by atoms with Gasteiger partial charge in [-0.3, -0.25) is 0 Å². The summed E-state index contributed by atoms with van der Waals surface area (Å²) in [6, 6.07) is 10.2. The number of hydrogen-bond donors (Lipinski definition) is 0. The molecule has 1 aliphatic carbocycles. The summed E-state index contributed by atoms with van der Waals surface area (Å²) in [7, 11) is 3.37. The fourth-order valence-electron chi connectivity index (χ4n) is 3.12. The van der Waals surface area contributed by atoms with Crippen molar-refractivity contribution in [3.63, 3.8) is 0 Å². The van der Waals surface area contributed by atoms with Gasteiger partial charge in [0.15, 0.2) is 5.79 Å². The van der Waals surface area contributed by atoms with Crippen molar-refractivity contribution in [3.8, 4) is 6.07 Å². The Morgan fingerprint density at radius 3 is 1.95 bits per heavy atom. The lowest BCUT2D eigenvalue weighted by Gasteiger charge is -2.44. The Kier molecular flexibility index (Phi) is 7.35. The van der Waals surface area contributed by atoms with Crippen molar-refractivity contribution in [1.29, 1.82) is 5.26 Å². The summed E-state index contributed by atoms with van der Waals surface area (Å²) in [4.78, 5) is 0. The summed E-state index contributed by atoms with van der Waals surface area (Å²) in [5, 5.41) is 9.93. The molecule has 1 aromatic rings. The van der Waals surface area contributed by atoms with Gasteiger partial charge < -0.3 is 9.47 Å². The van der Waals surface area contributed by atoms with Crippen molar-refractivity contribution in [2.24, 2.45) is 0 Å². The maximum absolute atomic E-state index is 9.21. The molecule has 0 amide bonds. The standard InChI is InChI=1S/C16H20ClNO2.C2H6/c1-19-16(20-2)9-7-15(8-10-16,11-12-18)13-3-5-14(17)6-4-13;1-2/h3-6H,7-11H2,1-2H3;1-2H3. The lowest BCUT2D eigenvalue weighted by molar-refractivity contribution is -0.229. The van der Waals surface area contributed by atoms with Crippen molar-refractivity contribution in [2.75, 3.05) is 14.2 Å². The summed E-state index contributed by atoms with van der Waals surface area (Å²) >= 11 is 5.96. The van der Waals surface area contributed by atoms with E-state index in [1.54, 1.807) is 14.2 Å². The third-order valence-corrected chi connectivity index (χ3v) is 4.84. The van der Waals surface area contributed by atoms with Crippen LogP contribution in [0.1, 0.15) is 51.5 Å². The normalized spacial score (nSPS) is 18.7. The van der Waals surface area contributed by atoms with Crippen LogP contribution < -0.4 is 0 Å². The zero-order valence-corrected chi connectivity index (χ0v) is 14.7. The van der Waals surface area contributed by atoms with Gasteiger partial charge in [-0.2, -0.15) is 5.26 Å². The smallest absolute Gasteiger partial charge is 0.167 e. The van der Waals surface area contributed by atoms with Gasteiger partial charge in [0.2, 0.25) is 0 Å². The van der Waals surface area contributed by atoms with E-state index in [1.807, 2.05) is 38.1 Å². The van der Waals surface area contributed by atoms with Gasteiger partial charge in [-0.1, -0.05) is 37.6 Å². The minimum atomic E-state index is -0.495. The molecular weight excluding hydrogens is 298 g/mol. The highest BCUT2D eigenvalue weighted by Crippen LogP contribution is 2.46. The molecular formula is C18H26ClNO2. The molecule has 0 unspecified atom stereocenters. The molecule has 0 atom stereocenters. The molecule has 0 radical (unpaired) electrons. The zero-order chi connectivity index (χ0) is 16.6. The van der Waals surface area contributed by atoms with Gasteiger partial charge in [-0.05, 0) is 30.5 Å². The molecule has 0 aliphatic heterocycles. The second-order valence-electron chi connectivity index (χ2n) is 5.44. The Labute approximate surface area is 139 Å². The van der Waals surface area contributed by atoms with Crippen LogP contribution >= 0.6 is 11.6 Å². The molecule has 2 rings (SSSR count). The highest BCUT2D eigenvalue weighted by atomic mass is 35.5. The van der Waals surface area contributed by atoms with Gasteiger partial charge in [0.25, 0.3) is 0 Å². The van der Waals surface area contributed by atoms with Crippen LogP contribution in [0.2, 0.25) is 5.02 Å². The number of rotatable bonds is 4. The summed E-state index contributed by atoms with van der Waals surface area (Å²) in [6.45, 7) is 4.00. The molecule has 0 spiro atoms. The lowest BCUT2D eigenvalue weighted by atomic mass is 9.66. The quantitative estimate of drug-likeness (QED) is 0.725. The van der Waals surface area contributed by atoms with Gasteiger partial charge >= 0.3 is 0 Å². The first-order chi connectivity index (χ1) is 10.6. The highest BCUT2D eigenvalue weighted by Gasteiger charge is 2.44. The van der Waals surface area contributed by atoms with Crippen LogP contribution in [-0.2, 0) is 14.9 Å². The Bertz CT molecular complexity index is 479. The van der Waals surface area contributed by atoms with E-state index in [0.29, 0.717) is 6.42 Å². The fraction of sp³-hybridized carbons (Fsp3) is 0.611. The van der Waals surface area contributed by atoms with E-state index in [0.717, 1.165) is 30.7 Å². The first kappa shape index (κ1) is 19.0. The van der Waals surface area contributed by atoms with Crippen LogP contribution in [0.3, 0.4) is 0 Å². The van der Waals surface area contributed by atoms with E-state index in [-0.39, 0.29) is 5.41 Å². The molecule has 0 aromatic heterocycles. The van der Waals surface area contributed by atoms with E-state index in [4.69, 9.17) is 21.1 Å². The first-order valence-electron chi connectivity index (χ1n) is 7.83. The SMILES string of the molecule is CC.COC1(OC)CCC(CC#N)(c2ccc(Cl)cc2)CC1. The van der Waals surface area contributed by atoms with Crippen LogP contribution in [0, 0.1) is 11.3 Å². The first-order valence-corrected chi connectivity index (χ1v) is 8.21. The van der Waals surface area contributed by atoms with E-state index >= 15 is 0 Å². The largest absolute Gasteiger partial charge is 0.353 e. The van der Waals surface area contributed by atoms with Crippen LogP contribution in [0.4, 0.5) is 0 Å². The third-order valence-electron chi connectivity index (χ3n) is 4.59. The predicted molar refractivity (Wildman–Crippen MR) is 89.9 cm³/mol. The average molecular weight is 324 g/mol. The molecule has 0 heterocycles. The number of hydrogen-bond acceptors (Lipinski definition) is 3. The number of halogens is 1. The molecule has 4 heteroatoms. The molecule has 0 N–H and O–H groups in total. The number of nitrogens with zero attached hydrogens (tertiary/aromatic N) is 1. The third kappa shape index (κ3) is 4.01. The van der Waals surface area contributed by atoms with Crippen molar-refractivity contribution >= 4 is 11.6 Å². The van der Waals surface area contributed by atoms with Crippen LogP contribution in [0.25, 0.3) is 0 Å². The maximum atomic E-state index is 9.21. The van der Waals surface area contributed by atoms with Crippen molar-refractivity contribution < 1.29 is 9.47 Å². The fourth-order valence-corrected chi connectivity index (χ4v) is 3.25. The number of methoxy groups -OCH3 is 2. The highest BCUT2D eigenvalue weighted by molar-refractivity contribution is 6.30. The average Bonchev–Trinajstić information content (AvgIpc) is 2.58. The van der Waals surface area contributed by atoms with Crippen molar-refractivity contribution in [2.45, 2.75) is 57.2 Å². The van der Waals surface area contributed by atoms with Crippen LogP contribution in [0.5, 0.6) is 0 Å². The van der Waals surface area contributed by atoms with Gasteiger partial charge in [0.05, 0.1) is 6.07 Å². The summed E-state index contributed by atoms with van der Waals surface area (Å²) < 4.78 is 11.1. The van der Waals surface area contributed by atoms with Crippen LogP contribution in [-0.4, -0.2) is 20.0 Å². The van der Waals surface area contributed by atoms with E-state index in [2.05, 4.69) is 6.07 Å². The van der Waals surface area contributed by atoms with Crippen molar-refractivity contribution in [3.05, 3.63) is 34.9 Å². The Morgan fingerprint density at radius 1 is 1.05 bits per heavy atom. The summed E-state index contributed by atoms with van der Waals surface area (Å²) in [6.07, 6.45) is 3.86. The Balaban J connectivity index is 0.00000116. The molecule has 0 bridgehead atoms. The second-order valence-corrected chi connectivity index (χ2v) is 5.88. The number of ether oxygens (including phenoxy) is 2. The zero-order valence-electron chi connectivity index (χ0n) is 14.0. The topological polar surface area (TPSA) is 42.2 Å². The molecule has 0 saturated heterocycles. The monoisotopic (exact) mass is 323 g/mol. The molecule has 3 nitrogen and oxygen atoms in total. The summed E-state index contributed by atoms with van der Waals surface area (Å²) in [5.74, 6) is -0.495. The van der Waals surface area contributed by atoms with Gasteiger partial charge in [0.1, 0.15) is 0 Å². The molecule has 1 saturated carbocycles. The second kappa shape index (κ2) is 8.53. The molecule has 1 fully saturated rings. The summed E-state index contributed by atoms with van der Waals surface area (Å²) in [5.41, 5.74) is 1.07. The van der Waals surface area contributed by atoms with Gasteiger partial charge in [-0.15, -0.1) is 0 Å². The van der Waals surface area contributed by atoms with Crippen molar-refractivity contribution in [1.82, 2.24) is 0 Å². The van der Waals surface area contributed by atoms with E-state index in [9.17, 15) is 5.26 Å². The number of nitriles is 1. The van der Waals surface area contributed by atoms with Crippen LogP contribution in [0.15, 0.2) is 24.3 Å². The molecule has 1 aliphatic rings. The molecule has 1 aromatic carbocycles. The Hall–Kier alpha value is -1.08. The van der Waals surface area contributed by atoms with E-state index < -0.39 is 5.79 Å². The minimum Gasteiger partial charge on any atom is -0.353 e. The predicted octanol–water partition coefficient (Wildman–Crippen LogP) is 5.08. The lowest BCUT2D eigenvalue weighted by Crippen LogP contribution is -2.43.